The molecule has 12 nitrogen and oxygen atoms in total. The number of aromatic amines is 1. The Balaban J connectivity index is 0.000000260. The van der Waals surface area contributed by atoms with Crippen LogP contribution in [-0.4, -0.2) is 93.9 Å². The number of H-pyrrole nitrogens is 1. The maximum atomic E-state index is 13.7. The molecule has 0 unspecified atom stereocenters. The molecule has 1 aliphatic carbocycles. The summed E-state index contributed by atoms with van der Waals surface area (Å²) in [5, 5.41) is 13.0. The van der Waals surface area contributed by atoms with Gasteiger partial charge in [-0.2, -0.15) is 24.4 Å². The number of rotatable bonds is 7. The number of carbonyl (C=O) groups is 1. The van der Waals surface area contributed by atoms with Crippen LogP contribution in [0.25, 0.3) is 0 Å². The number of hydrogen-bond donors (Lipinski definition) is 3. The van der Waals surface area contributed by atoms with Crippen molar-refractivity contribution >= 4 is 35.8 Å². The molecule has 40 heavy (non-hydrogen) atoms. The van der Waals surface area contributed by atoms with Crippen LogP contribution in [0.2, 0.25) is 0 Å². The van der Waals surface area contributed by atoms with Gasteiger partial charge in [0.2, 0.25) is 30.2 Å². The molecule has 0 spiro atoms. The van der Waals surface area contributed by atoms with Crippen LogP contribution < -0.4 is 20.4 Å². The zero-order chi connectivity index (χ0) is 28.5. The van der Waals surface area contributed by atoms with Gasteiger partial charge in [0.15, 0.2) is 5.82 Å². The van der Waals surface area contributed by atoms with Crippen LogP contribution in [0.1, 0.15) is 30.9 Å². The lowest BCUT2D eigenvalue weighted by Gasteiger charge is -2.32. The van der Waals surface area contributed by atoms with Crippen LogP contribution in [0.3, 0.4) is 0 Å². The van der Waals surface area contributed by atoms with E-state index in [-0.39, 0.29) is 0 Å². The number of hydrogen-bond acceptors (Lipinski definition) is 10. The van der Waals surface area contributed by atoms with Gasteiger partial charge in [-0.05, 0) is 38.4 Å². The first-order valence-electron chi connectivity index (χ1n) is 13.0. The minimum absolute atomic E-state index is 0.333. The predicted octanol–water partition coefficient (Wildman–Crippen LogP) is 2.55. The third-order valence-corrected chi connectivity index (χ3v) is 6.62. The Kier molecular flexibility index (Phi) is 9.74. The lowest BCUT2D eigenvalue weighted by atomic mass is 10.3. The van der Waals surface area contributed by atoms with Gasteiger partial charge in [0.25, 0.3) is 0 Å². The molecule has 3 aromatic heterocycles. The minimum atomic E-state index is -0.826. The number of halogens is 2. The topological polar surface area (TPSA) is 131 Å². The molecule has 5 heterocycles. The number of anilines is 5. The summed E-state index contributed by atoms with van der Waals surface area (Å²) in [5.74, 6) is 2.37. The number of aromatic nitrogens is 6. The highest BCUT2D eigenvalue weighted by molar-refractivity contribution is 5.70. The molecule has 0 bridgehead atoms. The smallest absolute Gasteiger partial charge is 0.235 e. The van der Waals surface area contributed by atoms with Gasteiger partial charge in [0.05, 0.1) is 18.4 Å². The molecule has 0 aromatic carbocycles. The second kappa shape index (κ2) is 13.6. The van der Waals surface area contributed by atoms with Gasteiger partial charge in [0, 0.05) is 50.4 Å². The van der Waals surface area contributed by atoms with Crippen LogP contribution >= 0.6 is 0 Å². The first-order valence-corrected chi connectivity index (χ1v) is 13.0. The third kappa shape index (κ3) is 7.82. The van der Waals surface area contributed by atoms with Gasteiger partial charge < -0.3 is 25.3 Å². The first-order chi connectivity index (χ1) is 19.5. The zero-order valence-electron chi connectivity index (χ0n) is 22.3. The number of likely N-dealkylation sites (N-methyl/N-ethyl adjacent to an activating group) is 1. The molecule has 3 N–H and O–H groups in total. The molecule has 3 fully saturated rings. The SMILES string of the molecule is C#C.CN1CCN(c2nc(Nc3cc(C4CC4)[nH]n3)nc(N3CC[C@@H](F)C3)n2)CC1.O=CNc1ccc(F)nc1. The molecule has 1 atom stereocenters. The second-order valence-electron chi connectivity index (χ2n) is 9.62. The number of terminal acetylenes is 1. The number of amides is 1. The van der Waals surface area contributed by atoms with Crippen molar-refractivity contribution in [2.45, 2.75) is 31.4 Å². The van der Waals surface area contributed by atoms with Gasteiger partial charge in [-0.1, -0.05) is 0 Å². The Morgan fingerprint density at radius 1 is 1.02 bits per heavy atom. The number of nitrogens with one attached hydrogen (secondary N) is 3. The standard InChI is InChI=1S/C18H26FN9.C6H5FN2O.C2H2/c1-26-6-8-27(9-7-26)17-21-16(20-15-10-14(24-25-15)12-2-3-12)22-18(23-17)28-5-4-13(19)11-28;7-6-2-1-5(3-8-6)9-4-10;1-2/h10,12-13H,2-9,11H2,1H3,(H2,20,21,22,23,24,25);1-4H,(H,9,10);1-2H/t13-;;/m1../s1. The van der Waals surface area contributed by atoms with Crippen LogP contribution in [0.15, 0.2) is 24.4 Å². The van der Waals surface area contributed by atoms with Crippen molar-refractivity contribution in [2.24, 2.45) is 0 Å². The second-order valence-corrected chi connectivity index (χ2v) is 9.62. The van der Waals surface area contributed by atoms with Crippen molar-refractivity contribution in [3.63, 3.8) is 0 Å². The fourth-order valence-electron chi connectivity index (χ4n) is 4.25. The van der Waals surface area contributed by atoms with E-state index < -0.39 is 12.1 Å². The van der Waals surface area contributed by atoms with Crippen LogP contribution in [0, 0.1) is 18.8 Å². The molecule has 2 saturated heterocycles. The van der Waals surface area contributed by atoms with E-state index in [1.165, 1.54) is 31.2 Å². The molecule has 212 valence electrons. The van der Waals surface area contributed by atoms with E-state index >= 15 is 0 Å². The van der Waals surface area contributed by atoms with Crippen molar-refractivity contribution in [3.05, 3.63) is 36.0 Å². The van der Waals surface area contributed by atoms with Gasteiger partial charge in [-0.3, -0.25) is 9.89 Å². The predicted molar refractivity (Wildman–Crippen MR) is 149 cm³/mol. The number of nitrogens with zero attached hydrogens (tertiary/aromatic N) is 8. The molecule has 14 heteroatoms. The molecular formula is C26H33F2N11O. The van der Waals surface area contributed by atoms with E-state index in [1.54, 1.807) is 0 Å². The molecule has 0 radical (unpaired) electrons. The molecule has 6 rings (SSSR count). The normalized spacial score (nSPS) is 18.7. The summed E-state index contributed by atoms with van der Waals surface area (Å²) in [4.78, 5) is 33.3. The van der Waals surface area contributed by atoms with Crippen molar-refractivity contribution < 1.29 is 13.6 Å². The molecule has 3 aromatic rings. The van der Waals surface area contributed by atoms with E-state index in [0.717, 1.165) is 31.9 Å². The highest BCUT2D eigenvalue weighted by atomic mass is 19.1. The summed E-state index contributed by atoms with van der Waals surface area (Å²) in [6, 6.07) is 4.62. The third-order valence-electron chi connectivity index (χ3n) is 6.62. The summed E-state index contributed by atoms with van der Waals surface area (Å²) in [6.45, 7) is 4.61. The Morgan fingerprint density at radius 3 is 2.35 bits per heavy atom. The quantitative estimate of drug-likeness (QED) is 0.228. The van der Waals surface area contributed by atoms with E-state index in [0.29, 0.717) is 61.2 Å². The number of pyridine rings is 1. The van der Waals surface area contributed by atoms with E-state index in [4.69, 9.17) is 0 Å². The average molecular weight is 554 g/mol. The van der Waals surface area contributed by atoms with E-state index in [1.807, 2.05) is 11.0 Å². The maximum absolute atomic E-state index is 13.7. The van der Waals surface area contributed by atoms with Gasteiger partial charge in [-0.25, -0.2) is 9.37 Å². The van der Waals surface area contributed by atoms with Crippen LogP contribution in [0.5, 0.6) is 0 Å². The lowest BCUT2D eigenvalue weighted by molar-refractivity contribution is -0.105. The summed E-state index contributed by atoms with van der Waals surface area (Å²) in [6.07, 6.45) is 11.9. The van der Waals surface area contributed by atoms with Crippen LogP contribution in [0.4, 0.5) is 38.1 Å². The average Bonchev–Trinajstić information content (AvgIpc) is 3.56. The molecule has 1 saturated carbocycles. The number of piperazine rings is 1. The first kappa shape index (κ1) is 28.6. The number of alkyl halides is 1. The van der Waals surface area contributed by atoms with Gasteiger partial charge >= 0.3 is 0 Å². The maximum Gasteiger partial charge on any atom is 0.235 e. The monoisotopic (exact) mass is 553 g/mol. The fourth-order valence-corrected chi connectivity index (χ4v) is 4.25. The summed E-state index contributed by atoms with van der Waals surface area (Å²) >= 11 is 0. The molecule has 2 aliphatic heterocycles. The highest BCUT2D eigenvalue weighted by Gasteiger charge is 2.28. The van der Waals surface area contributed by atoms with Crippen molar-refractivity contribution in [2.75, 3.05) is 66.7 Å². The molecule has 1 amide bonds. The van der Waals surface area contributed by atoms with Gasteiger partial charge in [0.1, 0.15) is 6.17 Å². The number of carbonyl (C=O) groups excluding carboxylic acids is 1. The van der Waals surface area contributed by atoms with E-state index in [2.05, 4.69) is 70.5 Å². The van der Waals surface area contributed by atoms with Crippen LogP contribution in [-0.2, 0) is 4.79 Å². The Hall–Kier alpha value is -4.38. The van der Waals surface area contributed by atoms with Crippen molar-refractivity contribution in [1.29, 1.82) is 0 Å². The summed E-state index contributed by atoms with van der Waals surface area (Å²) < 4.78 is 25.8. The fraction of sp³-hybridized carbons (Fsp3) is 0.462. The van der Waals surface area contributed by atoms with Crippen molar-refractivity contribution in [1.82, 2.24) is 35.0 Å². The largest absolute Gasteiger partial charge is 0.338 e. The molecule has 3 aliphatic rings. The Bertz CT molecular complexity index is 1260. The summed E-state index contributed by atoms with van der Waals surface area (Å²) in [7, 11) is 2.11. The highest BCUT2D eigenvalue weighted by Crippen LogP contribution is 2.39. The van der Waals surface area contributed by atoms with E-state index in [9.17, 15) is 13.6 Å². The molecular weight excluding hydrogens is 520 g/mol. The Labute approximate surface area is 231 Å². The Morgan fingerprint density at radius 2 is 1.75 bits per heavy atom. The zero-order valence-corrected chi connectivity index (χ0v) is 22.3. The minimum Gasteiger partial charge on any atom is -0.338 e. The lowest BCUT2D eigenvalue weighted by Crippen LogP contribution is -2.45. The van der Waals surface area contributed by atoms with Gasteiger partial charge in [-0.15, -0.1) is 12.8 Å². The van der Waals surface area contributed by atoms with Crippen molar-refractivity contribution in [3.8, 4) is 12.8 Å². The summed E-state index contributed by atoms with van der Waals surface area (Å²) in [5.41, 5.74) is 1.63.